The number of sulfonamides is 1. The predicted octanol–water partition coefficient (Wildman–Crippen LogP) is 1.84. The number of hydrogen-bond acceptors (Lipinski definition) is 7. The van der Waals surface area contributed by atoms with Gasteiger partial charge in [-0.1, -0.05) is 12.1 Å². The number of nitrogens with two attached hydrogens (primary N) is 1. The van der Waals surface area contributed by atoms with Gasteiger partial charge in [0.15, 0.2) is 23.2 Å². The summed E-state index contributed by atoms with van der Waals surface area (Å²) < 4.78 is 23.0. The van der Waals surface area contributed by atoms with Crippen molar-refractivity contribution >= 4 is 21.7 Å². The summed E-state index contributed by atoms with van der Waals surface area (Å²) >= 11 is 0. The number of benzene rings is 1. The molecule has 2 aromatic heterocycles. The van der Waals surface area contributed by atoms with Crippen LogP contribution in [0.25, 0.3) is 11.4 Å². The maximum atomic E-state index is 11.5. The molecule has 3 aromatic rings. The molecule has 4 rings (SSSR count). The Morgan fingerprint density at radius 3 is 2.81 bits per heavy atom. The number of primary sulfonamides is 1. The van der Waals surface area contributed by atoms with E-state index in [0.717, 1.165) is 18.5 Å². The average molecular weight is 372 g/mol. The Balaban J connectivity index is 1.65. The van der Waals surface area contributed by atoms with E-state index in [1.54, 1.807) is 12.1 Å². The molecule has 0 amide bonds. The number of nitrogens with one attached hydrogen (secondary N) is 2. The number of anilines is 2. The van der Waals surface area contributed by atoms with Crippen LogP contribution in [0.4, 0.5) is 11.6 Å². The highest BCUT2D eigenvalue weighted by atomic mass is 32.2. The van der Waals surface area contributed by atoms with Crippen molar-refractivity contribution < 1.29 is 13.5 Å². The Labute approximate surface area is 149 Å². The lowest BCUT2D eigenvalue weighted by atomic mass is 10.2. The molecule has 9 nitrogen and oxygen atoms in total. The van der Waals surface area contributed by atoms with Crippen molar-refractivity contribution in [2.45, 2.75) is 23.7 Å². The van der Waals surface area contributed by atoms with Gasteiger partial charge in [0.1, 0.15) is 0 Å². The SMILES string of the molecule is NS(=O)(=O)c1cccc(-c2ncc(O)c(Nc3cc(C4CC4)[nH]n3)n2)c1. The minimum absolute atomic E-state index is 0.0393. The molecule has 0 radical (unpaired) electrons. The van der Waals surface area contributed by atoms with Crippen molar-refractivity contribution in [1.82, 2.24) is 20.2 Å². The molecule has 1 aromatic carbocycles. The Bertz CT molecular complexity index is 1080. The Morgan fingerprint density at radius 1 is 1.27 bits per heavy atom. The van der Waals surface area contributed by atoms with Gasteiger partial charge >= 0.3 is 0 Å². The van der Waals surface area contributed by atoms with Gasteiger partial charge in [0.2, 0.25) is 10.0 Å². The number of nitrogens with zero attached hydrogens (tertiary/aromatic N) is 3. The van der Waals surface area contributed by atoms with Crippen molar-refractivity contribution in [3.05, 3.63) is 42.2 Å². The van der Waals surface area contributed by atoms with E-state index >= 15 is 0 Å². The predicted molar refractivity (Wildman–Crippen MR) is 94.4 cm³/mol. The lowest BCUT2D eigenvalue weighted by Crippen LogP contribution is -2.12. The molecule has 2 heterocycles. The van der Waals surface area contributed by atoms with Gasteiger partial charge in [-0.05, 0) is 25.0 Å². The molecular weight excluding hydrogens is 356 g/mol. The third-order valence-electron chi connectivity index (χ3n) is 4.05. The summed E-state index contributed by atoms with van der Waals surface area (Å²) in [4.78, 5) is 8.28. The fraction of sp³-hybridized carbons (Fsp3) is 0.188. The minimum Gasteiger partial charge on any atom is -0.503 e. The molecule has 1 aliphatic carbocycles. The van der Waals surface area contributed by atoms with E-state index < -0.39 is 10.0 Å². The van der Waals surface area contributed by atoms with Gasteiger partial charge in [0.25, 0.3) is 0 Å². The highest BCUT2D eigenvalue weighted by Crippen LogP contribution is 2.40. The van der Waals surface area contributed by atoms with Crippen LogP contribution in [0.5, 0.6) is 5.75 Å². The first-order chi connectivity index (χ1) is 12.4. The number of aromatic amines is 1. The normalized spacial score (nSPS) is 14.3. The first kappa shape index (κ1) is 16.5. The molecule has 1 fully saturated rings. The summed E-state index contributed by atoms with van der Waals surface area (Å²) in [6.45, 7) is 0. The number of rotatable bonds is 5. The number of aromatic nitrogens is 4. The van der Waals surface area contributed by atoms with Gasteiger partial charge in [-0.2, -0.15) is 5.10 Å². The molecular formula is C16H16N6O3S. The van der Waals surface area contributed by atoms with Gasteiger partial charge in [0, 0.05) is 23.2 Å². The molecule has 0 spiro atoms. The summed E-state index contributed by atoms with van der Waals surface area (Å²) in [5.41, 5.74) is 1.50. The van der Waals surface area contributed by atoms with Crippen LogP contribution in [-0.4, -0.2) is 33.7 Å². The first-order valence-electron chi connectivity index (χ1n) is 7.92. The molecule has 134 valence electrons. The lowest BCUT2D eigenvalue weighted by molar-refractivity contribution is 0.472. The van der Waals surface area contributed by atoms with Crippen LogP contribution < -0.4 is 10.5 Å². The van der Waals surface area contributed by atoms with E-state index in [1.165, 1.54) is 18.3 Å². The molecule has 10 heteroatoms. The largest absolute Gasteiger partial charge is 0.503 e. The molecule has 0 saturated heterocycles. The van der Waals surface area contributed by atoms with Crippen LogP contribution >= 0.6 is 0 Å². The van der Waals surface area contributed by atoms with Crippen LogP contribution in [0.2, 0.25) is 0 Å². The van der Waals surface area contributed by atoms with Crippen molar-refractivity contribution in [1.29, 1.82) is 0 Å². The zero-order valence-corrected chi connectivity index (χ0v) is 14.4. The smallest absolute Gasteiger partial charge is 0.238 e. The standard InChI is InChI=1S/C16H16N6O3S/c17-26(24,25)11-3-1-2-10(6-11)15-18-8-13(23)16(20-15)19-14-7-12(21-22-14)9-4-5-9/h1-3,6-9,23H,4-5H2,(H2,17,24,25)(H2,18,19,20,21,22). The molecule has 1 saturated carbocycles. The van der Waals surface area contributed by atoms with Crippen molar-refractivity contribution in [2.75, 3.05) is 5.32 Å². The van der Waals surface area contributed by atoms with Crippen molar-refractivity contribution in [3.63, 3.8) is 0 Å². The highest BCUT2D eigenvalue weighted by Gasteiger charge is 2.25. The van der Waals surface area contributed by atoms with E-state index in [-0.39, 0.29) is 22.3 Å². The van der Waals surface area contributed by atoms with E-state index in [4.69, 9.17) is 5.14 Å². The lowest BCUT2D eigenvalue weighted by Gasteiger charge is -2.07. The molecule has 26 heavy (non-hydrogen) atoms. The third kappa shape index (κ3) is 3.37. The minimum atomic E-state index is -3.83. The van der Waals surface area contributed by atoms with Gasteiger partial charge < -0.3 is 10.4 Å². The van der Waals surface area contributed by atoms with Gasteiger partial charge in [-0.15, -0.1) is 0 Å². The summed E-state index contributed by atoms with van der Waals surface area (Å²) in [6, 6.07) is 7.85. The van der Waals surface area contributed by atoms with E-state index in [9.17, 15) is 13.5 Å². The summed E-state index contributed by atoms with van der Waals surface area (Å²) in [5, 5.41) is 25.2. The second kappa shape index (κ2) is 6.07. The molecule has 5 N–H and O–H groups in total. The van der Waals surface area contributed by atoms with Crippen LogP contribution in [0, 0.1) is 0 Å². The second-order valence-corrected chi connectivity index (χ2v) is 7.67. The van der Waals surface area contributed by atoms with Gasteiger partial charge in [-0.25, -0.2) is 23.5 Å². The third-order valence-corrected chi connectivity index (χ3v) is 4.96. The molecule has 0 aliphatic heterocycles. The molecule has 1 aliphatic rings. The second-order valence-electron chi connectivity index (χ2n) is 6.11. The van der Waals surface area contributed by atoms with Gasteiger partial charge in [0.05, 0.1) is 11.1 Å². The zero-order chi connectivity index (χ0) is 18.3. The van der Waals surface area contributed by atoms with E-state index in [2.05, 4.69) is 25.5 Å². The van der Waals surface area contributed by atoms with Crippen molar-refractivity contribution in [3.8, 4) is 17.1 Å². The van der Waals surface area contributed by atoms with Gasteiger partial charge in [-0.3, -0.25) is 5.10 Å². The topological polar surface area (TPSA) is 147 Å². The maximum absolute atomic E-state index is 11.5. The van der Waals surface area contributed by atoms with Crippen LogP contribution in [0.1, 0.15) is 24.5 Å². The van der Waals surface area contributed by atoms with Crippen LogP contribution in [0.3, 0.4) is 0 Å². The summed E-state index contributed by atoms with van der Waals surface area (Å²) in [7, 11) is -3.83. The van der Waals surface area contributed by atoms with E-state index in [1.807, 2.05) is 6.07 Å². The summed E-state index contributed by atoms with van der Waals surface area (Å²) in [6.07, 6.45) is 3.53. The number of aromatic hydroxyl groups is 1. The highest BCUT2D eigenvalue weighted by molar-refractivity contribution is 7.89. The summed E-state index contributed by atoms with van der Waals surface area (Å²) in [5.74, 6) is 1.32. The van der Waals surface area contributed by atoms with Crippen LogP contribution in [-0.2, 0) is 10.0 Å². The quantitative estimate of drug-likeness (QED) is 0.534. The molecule has 0 unspecified atom stereocenters. The van der Waals surface area contributed by atoms with E-state index in [0.29, 0.717) is 17.3 Å². The maximum Gasteiger partial charge on any atom is 0.238 e. The molecule has 0 bridgehead atoms. The Kier molecular flexibility index (Phi) is 3.85. The Hall–Kier alpha value is -2.98. The fourth-order valence-electron chi connectivity index (χ4n) is 2.54. The van der Waals surface area contributed by atoms with Crippen LogP contribution in [0.15, 0.2) is 41.4 Å². The fourth-order valence-corrected chi connectivity index (χ4v) is 3.10. The first-order valence-corrected chi connectivity index (χ1v) is 9.46. The molecule has 0 atom stereocenters. The monoisotopic (exact) mass is 372 g/mol. The zero-order valence-electron chi connectivity index (χ0n) is 13.5. The van der Waals surface area contributed by atoms with Crippen molar-refractivity contribution in [2.24, 2.45) is 5.14 Å². The number of H-pyrrole nitrogens is 1. The average Bonchev–Trinajstić information content (AvgIpc) is 3.36. The number of hydrogen-bond donors (Lipinski definition) is 4. The Morgan fingerprint density at radius 2 is 2.08 bits per heavy atom.